The molecule has 0 radical (unpaired) electrons. The van der Waals surface area contributed by atoms with Crippen molar-refractivity contribution < 1.29 is 20.1 Å². The van der Waals surface area contributed by atoms with Crippen LogP contribution in [0.1, 0.15) is 38.8 Å². The second-order valence-electron chi connectivity index (χ2n) is 7.17. The van der Waals surface area contributed by atoms with Crippen LogP contribution in [0.4, 0.5) is 5.82 Å². The second-order valence-corrected chi connectivity index (χ2v) is 7.51. The van der Waals surface area contributed by atoms with E-state index in [9.17, 15) is 15.3 Å². The van der Waals surface area contributed by atoms with Crippen molar-refractivity contribution in [2.75, 3.05) is 11.9 Å². The number of aliphatic hydroxyl groups excluding tert-OH is 2. The van der Waals surface area contributed by atoms with Crippen molar-refractivity contribution in [1.29, 1.82) is 0 Å². The normalized spacial score (nSPS) is 32.6. The Hall–Kier alpha value is -1.52. The lowest BCUT2D eigenvalue weighted by atomic mass is 9.96. The van der Waals surface area contributed by atoms with Gasteiger partial charge in [0.15, 0.2) is 23.2 Å². The van der Waals surface area contributed by atoms with E-state index in [0.717, 1.165) is 12.8 Å². The fourth-order valence-electron chi connectivity index (χ4n) is 3.82. The molecule has 4 N–H and O–H groups in total. The van der Waals surface area contributed by atoms with Gasteiger partial charge in [-0.15, -0.1) is 0 Å². The van der Waals surface area contributed by atoms with Gasteiger partial charge in [-0.2, -0.15) is 9.97 Å². The summed E-state index contributed by atoms with van der Waals surface area (Å²) in [5.74, 6) is 0.544. The van der Waals surface area contributed by atoms with Crippen LogP contribution in [-0.4, -0.2) is 65.3 Å². The minimum absolute atomic E-state index is 0.0524. The molecule has 9 nitrogen and oxygen atoms in total. The van der Waals surface area contributed by atoms with Gasteiger partial charge in [0.25, 0.3) is 0 Å². The zero-order valence-corrected chi connectivity index (χ0v) is 15.1. The van der Waals surface area contributed by atoms with Crippen molar-refractivity contribution in [3.63, 3.8) is 0 Å². The van der Waals surface area contributed by atoms with Gasteiger partial charge < -0.3 is 25.4 Å². The maximum atomic E-state index is 10.7. The number of hydrogen-bond acceptors (Lipinski definition) is 8. The molecule has 1 saturated carbocycles. The topological polar surface area (TPSA) is 126 Å². The SMILES string of the molecule is CC1(O)[C@@H](O)[C@@H](CO)O[C@H]1n1cnc2c(NC3CCCC3)nc(Cl)nc21. The number of imidazole rings is 1. The number of nitrogens with zero attached hydrogens (tertiary/aromatic N) is 4. The van der Waals surface area contributed by atoms with E-state index in [2.05, 4.69) is 20.3 Å². The molecule has 1 aliphatic carbocycles. The average molecular weight is 384 g/mol. The first-order chi connectivity index (χ1) is 12.4. The standard InChI is InChI=1S/C16H22ClN5O4/c1-16(25)11(24)9(6-23)26-14(16)22-7-18-10-12(19-8-4-2-3-5-8)20-15(17)21-13(10)22/h7-9,11,14,23-25H,2-6H2,1H3,(H,19,20,21)/t9-,11+,14-,16?/m1/s1. The van der Waals surface area contributed by atoms with Gasteiger partial charge in [0.05, 0.1) is 12.9 Å². The molecular weight excluding hydrogens is 362 g/mol. The molecule has 2 aliphatic rings. The van der Waals surface area contributed by atoms with Crippen LogP contribution in [0.2, 0.25) is 5.28 Å². The molecule has 1 unspecified atom stereocenters. The van der Waals surface area contributed by atoms with E-state index < -0.39 is 30.6 Å². The molecule has 4 atom stereocenters. The lowest BCUT2D eigenvalue weighted by molar-refractivity contribution is -0.0950. The van der Waals surface area contributed by atoms with Gasteiger partial charge in [-0.3, -0.25) is 4.57 Å². The summed E-state index contributed by atoms with van der Waals surface area (Å²) in [7, 11) is 0. The molecule has 3 heterocycles. The minimum atomic E-state index is -1.63. The van der Waals surface area contributed by atoms with Crippen LogP contribution < -0.4 is 5.32 Å². The van der Waals surface area contributed by atoms with E-state index in [0.29, 0.717) is 23.0 Å². The number of halogens is 1. The van der Waals surface area contributed by atoms with E-state index in [4.69, 9.17) is 16.3 Å². The Morgan fingerprint density at radius 2 is 2.12 bits per heavy atom. The van der Waals surface area contributed by atoms with Gasteiger partial charge in [-0.25, -0.2) is 4.98 Å². The Morgan fingerprint density at radius 1 is 1.38 bits per heavy atom. The van der Waals surface area contributed by atoms with Gasteiger partial charge in [-0.05, 0) is 31.4 Å². The minimum Gasteiger partial charge on any atom is -0.394 e. The predicted octanol–water partition coefficient (Wildman–Crippen LogP) is 0.836. The summed E-state index contributed by atoms with van der Waals surface area (Å²) in [5.41, 5.74) is -0.721. The molecule has 0 bridgehead atoms. The Bertz CT molecular complexity index is 807. The zero-order valence-electron chi connectivity index (χ0n) is 14.3. The van der Waals surface area contributed by atoms with Crippen LogP contribution >= 0.6 is 11.6 Å². The molecule has 10 heteroatoms. The number of aromatic nitrogens is 4. The molecule has 4 rings (SSSR count). The summed E-state index contributed by atoms with van der Waals surface area (Å²) < 4.78 is 7.17. The highest BCUT2D eigenvalue weighted by molar-refractivity contribution is 6.28. The van der Waals surface area contributed by atoms with Gasteiger partial charge in [0.2, 0.25) is 5.28 Å². The summed E-state index contributed by atoms with van der Waals surface area (Å²) in [5, 5.41) is 33.7. The predicted molar refractivity (Wildman–Crippen MR) is 93.8 cm³/mol. The van der Waals surface area contributed by atoms with Gasteiger partial charge in [-0.1, -0.05) is 12.8 Å². The first kappa shape index (κ1) is 17.9. The molecule has 0 aromatic carbocycles. The number of anilines is 1. The fourth-order valence-corrected chi connectivity index (χ4v) is 3.98. The highest BCUT2D eigenvalue weighted by Gasteiger charge is 2.53. The first-order valence-electron chi connectivity index (χ1n) is 8.75. The van der Waals surface area contributed by atoms with Crippen molar-refractivity contribution >= 4 is 28.6 Å². The molecular formula is C16H22ClN5O4. The van der Waals surface area contributed by atoms with Crippen LogP contribution in [0.5, 0.6) is 0 Å². The molecule has 1 aliphatic heterocycles. The second kappa shape index (κ2) is 6.58. The van der Waals surface area contributed by atoms with E-state index >= 15 is 0 Å². The van der Waals surface area contributed by atoms with Crippen molar-refractivity contribution in [1.82, 2.24) is 19.5 Å². The third kappa shape index (κ3) is 2.84. The molecule has 142 valence electrons. The smallest absolute Gasteiger partial charge is 0.226 e. The van der Waals surface area contributed by atoms with Crippen LogP contribution in [0, 0.1) is 0 Å². The number of ether oxygens (including phenoxy) is 1. The molecule has 2 fully saturated rings. The molecule has 0 spiro atoms. The Kier molecular flexibility index (Phi) is 4.52. The molecule has 26 heavy (non-hydrogen) atoms. The van der Waals surface area contributed by atoms with Gasteiger partial charge in [0, 0.05) is 6.04 Å². The molecule has 0 amide bonds. The zero-order chi connectivity index (χ0) is 18.5. The van der Waals surface area contributed by atoms with Crippen LogP contribution in [0.25, 0.3) is 11.2 Å². The fraction of sp³-hybridized carbons (Fsp3) is 0.688. The number of rotatable bonds is 4. The molecule has 2 aromatic heterocycles. The van der Waals surface area contributed by atoms with Crippen LogP contribution in [0.3, 0.4) is 0 Å². The lowest BCUT2D eigenvalue weighted by Gasteiger charge is -2.27. The van der Waals surface area contributed by atoms with E-state index in [1.165, 1.54) is 30.7 Å². The highest BCUT2D eigenvalue weighted by atomic mass is 35.5. The maximum absolute atomic E-state index is 10.7. The van der Waals surface area contributed by atoms with Crippen molar-refractivity contribution in [3.8, 4) is 0 Å². The number of hydrogen-bond donors (Lipinski definition) is 4. The first-order valence-corrected chi connectivity index (χ1v) is 9.13. The van der Waals surface area contributed by atoms with Gasteiger partial charge >= 0.3 is 0 Å². The largest absolute Gasteiger partial charge is 0.394 e. The quantitative estimate of drug-likeness (QED) is 0.572. The van der Waals surface area contributed by atoms with E-state index in [-0.39, 0.29) is 5.28 Å². The Labute approximate surface area is 155 Å². The number of aliphatic hydroxyl groups is 3. The Morgan fingerprint density at radius 3 is 2.77 bits per heavy atom. The van der Waals surface area contributed by atoms with Gasteiger partial charge in [0.1, 0.15) is 17.8 Å². The van der Waals surface area contributed by atoms with E-state index in [1.54, 1.807) is 0 Å². The maximum Gasteiger partial charge on any atom is 0.226 e. The Balaban J connectivity index is 1.74. The van der Waals surface area contributed by atoms with Crippen LogP contribution in [-0.2, 0) is 4.74 Å². The van der Waals surface area contributed by atoms with Crippen molar-refractivity contribution in [2.24, 2.45) is 0 Å². The molecule has 1 saturated heterocycles. The van der Waals surface area contributed by atoms with Crippen molar-refractivity contribution in [3.05, 3.63) is 11.6 Å². The lowest BCUT2D eigenvalue weighted by Crippen LogP contribution is -2.44. The highest BCUT2D eigenvalue weighted by Crippen LogP contribution is 2.40. The van der Waals surface area contributed by atoms with Crippen molar-refractivity contribution in [2.45, 2.75) is 62.7 Å². The number of nitrogens with one attached hydrogen (secondary N) is 1. The summed E-state index contributed by atoms with van der Waals surface area (Å²) >= 11 is 6.10. The summed E-state index contributed by atoms with van der Waals surface area (Å²) in [6.45, 7) is 1.04. The average Bonchev–Trinajstić information content (AvgIpc) is 3.29. The monoisotopic (exact) mass is 383 g/mol. The third-order valence-corrected chi connectivity index (χ3v) is 5.45. The summed E-state index contributed by atoms with van der Waals surface area (Å²) in [6.07, 6.45) is 2.83. The third-order valence-electron chi connectivity index (χ3n) is 5.28. The number of fused-ring (bicyclic) bond motifs is 1. The van der Waals surface area contributed by atoms with E-state index in [1.807, 2.05) is 0 Å². The van der Waals surface area contributed by atoms with Crippen LogP contribution in [0.15, 0.2) is 6.33 Å². The summed E-state index contributed by atoms with van der Waals surface area (Å²) in [6, 6.07) is 0.320. The summed E-state index contributed by atoms with van der Waals surface area (Å²) in [4.78, 5) is 12.9. The molecule has 2 aromatic rings.